The van der Waals surface area contributed by atoms with Crippen molar-refractivity contribution in [2.24, 2.45) is 5.41 Å². The predicted molar refractivity (Wildman–Crippen MR) is 83.9 cm³/mol. The normalized spacial score (nSPS) is 11.4. The van der Waals surface area contributed by atoms with Crippen LogP contribution in [0.2, 0.25) is 0 Å². The molecule has 22 heavy (non-hydrogen) atoms. The molecule has 0 atom stereocenters. The zero-order valence-corrected chi connectivity index (χ0v) is 13.7. The van der Waals surface area contributed by atoms with E-state index in [9.17, 15) is 14.4 Å². The molecular weight excluding hydrogens is 286 g/mol. The van der Waals surface area contributed by atoms with Crippen molar-refractivity contribution in [2.75, 3.05) is 13.6 Å². The third-order valence-corrected chi connectivity index (χ3v) is 3.89. The molecule has 0 spiro atoms. The smallest absolute Gasteiger partial charge is 0.303 e. The maximum atomic E-state index is 12.1. The summed E-state index contributed by atoms with van der Waals surface area (Å²) in [6.45, 7) is 2.75. The molecule has 0 saturated heterocycles. The van der Waals surface area contributed by atoms with Crippen LogP contribution in [0.3, 0.4) is 0 Å². The van der Waals surface area contributed by atoms with Crippen molar-refractivity contribution in [3.8, 4) is 0 Å². The fourth-order valence-corrected chi connectivity index (χ4v) is 2.48. The Labute approximate surface area is 132 Å². The molecule has 3 N–H and O–H groups in total. The van der Waals surface area contributed by atoms with Gasteiger partial charge in [0.2, 0.25) is 0 Å². The number of rotatable bonds is 14. The van der Waals surface area contributed by atoms with Crippen LogP contribution in [-0.4, -0.2) is 41.5 Å². The fraction of sp³-hybridized carbons (Fsp3) is 0.812. The Morgan fingerprint density at radius 3 is 1.91 bits per heavy atom. The van der Waals surface area contributed by atoms with Gasteiger partial charge in [0.15, 0.2) is 0 Å². The summed E-state index contributed by atoms with van der Waals surface area (Å²) in [5.74, 6) is -1.73. The first-order valence-electron chi connectivity index (χ1n) is 7.89. The number of unbranched alkanes of at least 4 members (excludes halogenated alkanes) is 2. The molecule has 0 aliphatic heterocycles. The third-order valence-electron chi connectivity index (χ3n) is 3.89. The number of carbonyl (C=O) groups excluding carboxylic acids is 1. The summed E-state index contributed by atoms with van der Waals surface area (Å²) < 4.78 is 0. The highest BCUT2D eigenvalue weighted by Gasteiger charge is 2.28. The molecular formula is C16H29NO5. The van der Waals surface area contributed by atoms with Crippen molar-refractivity contribution in [3.05, 3.63) is 0 Å². The van der Waals surface area contributed by atoms with Gasteiger partial charge in [-0.05, 0) is 44.7 Å². The molecule has 0 rings (SSSR count). The van der Waals surface area contributed by atoms with Crippen LogP contribution in [0.5, 0.6) is 0 Å². The second-order valence-electron chi connectivity index (χ2n) is 6.23. The van der Waals surface area contributed by atoms with Crippen molar-refractivity contribution < 1.29 is 24.6 Å². The van der Waals surface area contributed by atoms with Crippen LogP contribution in [0.25, 0.3) is 0 Å². The third kappa shape index (κ3) is 11.3. The number of nitrogens with one attached hydrogen (secondary N) is 1. The molecule has 128 valence electrons. The van der Waals surface area contributed by atoms with Gasteiger partial charge in [-0.3, -0.25) is 14.4 Å². The molecule has 0 aliphatic carbocycles. The van der Waals surface area contributed by atoms with Crippen LogP contribution in [0.1, 0.15) is 64.7 Å². The minimum Gasteiger partial charge on any atom is -0.481 e. The first-order valence-corrected chi connectivity index (χ1v) is 7.89. The van der Waals surface area contributed by atoms with Crippen molar-refractivity contribution in [1.82, 2.24) is 5.32 Å². The maximum absolute atomic E-state index is 12.1. The molecule has 0 heterocycles. The SMILES string of the molecule is CNCCCCCC(=O)CC(C)(CCC(=O)O)CCC(=O)O. The van der Waals surface area contributed by atoms with Gasteiger partial charge in [-0.25, -0.2) is 0 Å². The minimum absolute atomic E-state index is 0.0361. The van der Waals surface area contributed by atoms with E-state index >= 15 is 0 Å². The highest BCUT2D eigenvalue weighted by molar-refractivity contribution is 5.79. The summed E-state index contributed by atoms with van der Waals surface area (Å²) in [7, 11) is 1.89. The van der Waals surface area contributed by atoms with E-state index in [0.717, 1.165) is 25.8 Å². The zero-order chi connectivity index (χ0) is 17.0. The van der Waals surface area contributed by atoms with Gasteiger partial charge in [-0.2, -0.15) is 0 Å². The molecule has 6 nitrogen and oxygen atoms in total. The van der Waals surface area contributed by atoms with Crippen molar-refractivity contribution in [2.45, 2.75) is 64.7 Å². The van der Waals surface area contributed by atoms with Crippen LogP contribution in [0.4, 0.5) is 0 Å². The summed E-state index contributed by atoms with van der Waals surface area (Å²) in [5.41, 5.74) is -0.543. The van der Waals surface area contributed by atoms with Crippen LogP contribution >= 0.6 is 0 Å². The number of ketones is 1. The molecule has 0 aliphatic rings. The standard InChI is InChI=1S/C16H29NO5/c1-16(9-7-14(19)20,10-8-15(21)22)12-13(18)6-4-3-5-11-17-2/h17H,3-12H2,1-2H3,(H,19,20)(H,21,22). The van der Waals surface area contributed by atoms with E-state index < -0.39 is 17.4 Å². The van der Waals surface area contributed by atoms with E-state index in [1.165, 1.54) is 0 Å². The number of hydrogen-bond donors (Lipinski definition) is 3. The number of aliphatic carboxylic acids is 2. The lowest BCUT2D eigenvalue weighted by Gasteiger charge is -2.28. The maximum Gasteiger partial charge on any atom is 0.303 e. The molecule has 0 aromatic rings. The Hall–Kier alpha value is -1.43. The second kappa shape index (κ2) is 11.2. The average molecular weight is 315 g/mol. The highest BCUT2D eigenvalue weighted by Crippen LogP contribution is 2.34. The Bertz CT molecular complexity index is 350. The lowest BCUT2D eigenvalue weighted by atomic mass is 9.76. The first-order chi connectivity index (χ1) is 10.3. The van der Waals surface area contributed by atoms with Gasteiger partial charge < -0.3 is 15.5 Å². The molecule has 0 fully saturated rings. The quantitative estimate of drug-likeness (QED) is 0.425. The van der Waals surface area contributed by atoms with Gasteiger partial charge in [-0.15, -0.1) is 0 Å². The highest BCUT2D eigenvalue weighted by atomic mass is 16.4. The topological polar surface area (TPSA) is 104 Å². The Balaban J connectivity index is 4.32. The van der Waals surface area contributed by atoms with Crippen LogP contribution < -0.4 is 5.32 Å². The number of Topliss-reactive ketones (excluding diaryl/α,β-unsaturated/α-hetero) is 1. The fourth-order valence-electron chi connectivity index (χ4n) is 2.48. The molecule has 0 aromatic heterocycles. The summed E-state index contributed by atoms with van der Waals surface area (Å²) in [6, 6.07) is 0. The van der Waals surface area contributed by atoms with Crippen molar-refractivity contribution >= 4 is 17.7 Å². The van der Waals surface area contributed by atoms with E-state index in [1.54, 1.807) is 0 Å². The van der Waals surface area contributed by atoms with E-state index in [1.807, 2.05) is 14.0 Å². The lowest BCUT2D eigenvalue weighted by molar-refractivity contribution is -0.138. The Kier molecular flexibility index (Phi) is 10.5. The second-order valence-corrected chi connectivity index (χ2v) is 6.23. The predicted octanol–water partition coefficient (Wildman–Crippen LogP) is 2.46. The summed E-state index contributed by atoms with van der Waals surface area (Å²) in [5, 5.41) is 20.7. The number of hydrogen-bond acceptors (Lipinski definition) is 4. The molecule has 0 amide bonds. The van der Waals surface area contributed by atoms with Crippen LogP contribution in [0.15, 0.2) is 0 Å². The molecule has 0 bridgehead atoms. The Morgan fingerprint density at radius 1 is 0.909 bits per heavy atom. The molecule has 0 saturated carbocycles. The Morgan fingerprint density at radius 2 is 1.45 bits per heavy atom. The van der Waals surface area contributed by atoms with Gasteiger partial charge in [0.25, 0.3) is 0 Å². The summed E-state index contributed by atoms with van der Waals surface area (Å²) in [6.07, 6.45) is 4.18. The van der Waals surface area contributed by atoms with E-state index in [4.69, 9.17) is 10.2 Å². The molecule has 6 heteroatoms. The van der Waals surface area contributed by atoms with Gasteiger partial charge in [-0.1, -0.05) is 13.3 Å². The molecule has 0 aromatic carbocycles. The van der Waals surface area contributed by atoms with E-state index in [-0.39, 0.29) is 25.0 Å². The molecule has 0 radical (unpaired) electrons. The number of carboxylic acids is 2. The summed E-state index contributed by atoms with van der Waals surface area (Å²) >= 11 is 0. The number of carboxylic acid groups (broad SMARTS) is 2. The van der Waals surface area contributed by atoms with E-state index in [0.29, 0.717) is 19.3 Å². The van der Waals surface area contributed by atoms with Gasteiger partial charge in [0, 0.05) is 25.7 Å². The van der Waals surface area contributed by atoms with Crippen molar-refractivity contribution in [1.29, 1.82) is 0 Å². The van der Waals surface area contributed by atoms with Gasteiger partial charge in [0.05, 0.1) is 0 Å². The zero-order valence-electron chi connectivity index (χ0n) is 13.7. The van der Waals surface area contributed by atoms with Crippen LogP contribution in [0, 0.1) is 5.41 Å². The van der Waals surface area contributed by atoms with Gasteiger partial charge >= 0.3 is 11.9 Å². The lowest BCUT2D eigenvalue weighted by Crippen LogP contribution is -2.23. The average Bonchev–Trinajstić information content (AvgIpc) is 2.43. The van der Waals surface area contributed by atoms with E-state index in [2.05, 4.69) is 5.32 Å². The van der Waals surface area contributed by atoms with Crippen LogP contribution in [-0.2, 0) is 14.4 Å². The monoisotopic (exact) mass is 315 g/mol. The molecule has 0 unspecified atom stereocenters. The summed E-state index contributed by atoms with van der Waals surface area (Å²) in [4.78, 5) is 33.5. The van der Waals surface area contributed by atoms with Crippen molar-refractivity contribution in [3.63, 3.8) is 0 Å². The number of carbonyl (C=O) groups is 3. The minimum atomic E-state index is -0.916. The van der Waals surface area contributed by atoms with Gasteiger partial charge in [0.1, 0.15) is 5.78 Å². The largest absolute Gasteiger partial charge is 0.481 e. The first kappa shape index (κ1) is 20.6.